The van der Waals surface area contributed by atoms with E-state index in [4.69, 9.17) is 5.73 Å². The van der Waals surface area contributed by atoms with Crippen LogP contribution in [0.1, 0.15) is 16.8 Å². The summed E-state index contributed by atoms with van der Waals surface area (Å²) < 4.78 is 13.3. The third kappa shape index (κ3) is 4.10. The topological polar surface area (TPSA) is 97.1 Å². The molecule has 1 heterocycles. The molecule has 7 heteroatoms. The van der Waals surface area contributed by atoms with E-state index in [0.717, 1.165) is 6.07 Å². The molecule has 2 aromatic rings. The molecule has 0 aliphatic carbocycles. The lowest BCUT2D eigenvalue weighted by Gasteiger charge is -2.12. The van der Waals surface area contributed by atoms with Crippen molar-refractivity contribution in [3.8, 4) is 0 Å². The lowest BCUT2D eigenvalue weighted by molar-refractivity contribution is -0.116. The molecule has 0 radical (unpaired) electrons. The number of hydrogen-bond donors (Lipinski definition) is 3. The number of carbonyl (C=O) groups excluding carboxylic acids is 2. The highest BCUT2D eigenvalue weighted by Gasteiger charge is 2.12. The van der Waals surface area contributed by atoms with Gasteiger partial charge in [0.2, 0.25) is 5.91 Å². The van der Waals surface area contributed by atoms with E-state index in [1.165, 1.54) is 24.5 Å². The second-order valence-corrected chi connectivity index (χ2v) is 4.47. The summed E-state index contributed by atoms with van der Waals surface area (Å²) >= 11 is 0. The molecule has 0 fully saturated rings. The minimum absolute atomic E-state index is 0.105. The van der Waals surface area contributed by atoms with Crippen LogP contribution in [0.25, 0.3) is 0 Å². The van der Waals surface area contributed by atoms with E-state index in [1.54, 1.807) is 12.1 Å². The summed E-state index contributed by atoms with van der Waals surface area (Å²) in [5.41, 5.74) is 6.18. The normalized spacial score (nSPS) is 10.1. The molecule has 0 aliphatic heterocycles. The molecule has 22 heavy (non-hydrogen) atoms. The van der Waals surface area contributed by atoms with Crippen LogP contribution in [0.2, 0.25) is 0 Å². The van der Waals surface area contributed by atoms with Crippen molar-refractivity contribution in [1.82, 2.24) is 4.98 Å². The van der Waals surface area contributed by atoms with Crippen LogP contribution in [-0.4, -0.2) is 23.3 Å². The number of hydrogen-bond acceptors (Lipinski definition) is 4. The zero-order valence-electron chi connectivity index (χ0n) is 11.7. The molecule has 0 saturated carbocycles. The van der Waals surface area contributed by atoms with Crippen molar-refractivity contribution in [2.75, 3.05) is 17.2 Å². The first-order chi connectivity index (χ1) is 10.6. The number of benzene rings is 1. The largest absolute Gasteiger partial charge is 0.330 e. The third-order valence-electron chi connectivity index (χ3n) is 2.82. The second kappa shape index (κ2) is 7.28. The molecule has 0 bridgehead atoms. The molecule has 4 N–H and O–H groups in total. The minimum Gasteiger partial charge on any atom is -0.330 e. The van der Waals surface area contributed by atoms with Gasteiger partial charge in [0.25, 0.3) is 5.91 Å². The fourth-order valence-electron chi connectivity index (χ4n) is 1.77. The van der Waals surface area contributed by atoms with Crippen molar-refractivity contribution in [3.63, 3.8) is 0 Å². The van der Waals surface area contributed by atoms with E-state index in [2.05, 4.69) is 15.6 Å². The summed E-state index contributed by atoms with van der Waals surface area (Å²) in [5.74, 6) is -1.26. The molecule has 2 amide bonds. The number of nitrogens with two attached hydrogens (primary N) is 1. The van der Waals surface area contributed by atoms with Gasteiger partial charge in [-0.25, -0.2) is 4.39 Å². The van der Waals surface area contributed by atoms with Crippen LogP contribution in [0.5, 0.6) is 0 Å². The van der Waals surface area contributed by atoms with E-state index < -0.39 is 5.82 Å². The Bertz CT molecular complexity index is 676. The lowest BCUT2D eigenvalue weighted by atomic mass is 10.2. The van der Waals surface area contributed by atoms with Crippen molar-refractivity contribution in [1.29, 1.82) is 0 Å². The fourth-order valence-corrected chi connectivity index (χ4v) is 1.77. The molecular formula is C15H15FN4O2. The third-order valence-corrected chi connectivity index (χ3v) is 2.82. The summed E-state index contributed by atoms with van der Waals surface area (Å²) in [6, 6.07) is 6.81. The standard InChI is InChI=1S/C15H15FN4O2/c16-11-1-2-12(13(9-11)19-14(21)3-6-17)20-15(22)10-4-7-18-8-5-10/h1-2,4-5,7-9H,3,6,17H2,(H,19,21)(H,20,22). The van der Waals surface area contributed by atoms with Gasteiger partial charge in [0.15, 0.2) is 0 Å². The Morgan fingerprint density at radius 2 is 1.82 bits per heavy atom. The van der Waals surface area contributed by atoms with Crippen LogP contribution in [0, 0.1) is 5.82 Å². The Morgan fingerprint density at radius 1 is 1.09 bits per heavy atom. The van der Waals surface area contributed by atoms with E-state index in [0.29, 0.717) is 11.3 Å². The molecule has 0 saturated heterocycles. The first-order valence-corrected chi connectivity index (χ1v) is 6.61. The average Bonchev–Trinajstić information content (AvgIpc) is 2.51. The Labute approximate surface area is 126 Å². The number of nitrogens with zero attached hydrogens (tertiary/aromatic N) is 1. The molecule has 1 aromatic carbocycles. The highest BCUT2D eigenvalue weighted by Crippen LogP contribution is 2.23. The van der Waals surface area contributed by atoms with Crippen molar-refractivity contribution >= 4 is 23.2 Å². The van der Waals surface area contributed by atoms with Crippen molar-refractivity contribution in [2.45, 2.75) is 6.42 Å². The molecule has 114 valence electrons. The van der Waals surface area contributed by atoms with Gasteiger partial charge < -0.3 is 16.4 Å². The van der Waals surface area contributed by atoms with E-state index in [1.807, 2.05) is 0 Å². The van der Waals surface area contributed by atoms with Crippen LogP contribution in [0.15, 0.2) is 42.7 Å². The number of aromatic nitrogens is 1. The number of carbonyl (C=O) groups is 2. The van der Waals surface area contributed by atoms with E-state index in [-0.39, 0.29) is 30.5 Å². The van der Waals surface area contributed by atoms with Gasteiger partial charge in [-0.05, 0) is 30.3 Å². The smallest absolute Gasteiger partial charge is 0.255 e. The summed E-state index contributed by atoms with van der Waals surface area (Å²) in [7, 11) is 0. The molecule has 2 rings (SSSR count). The quantitative estimate of drug-likeness (QED) is 0.784. The molecule has 1 aromatic heterocycles. The average molecular weight is 302 g/mol. The molecule has 6 nitrogen and oxygen atoms in total. The summed E-state index contributed by atoms with van der Waals surface area (Å²) in [4.78, 5) is 27.5. The first kappa shape index (κ1) is 15.6. The highest BCUT2D eigenvalue weighted by atomic mass is 19.1. The Morgan fingerprint density at radius 3 is 2.50 bits per heavy atom. The summed E-state index contributed by atoms with van der Waals surface area (Å²) in [6.45, 7) is 0.180. The molecule has 0 aliphatic rings. The maximum atomic E-state index is 13.3. The number of halogens is 1. The van der Waals surface area contributed by atoms with Crippen LogP contribution in [-0.2, 0) is 4.79 Å². The highest BCUT2D eigenvalue weighted by molar-refractivity contribution is 6.07. The fraction of sp³-hybridized carbons (Fsp3) is 0.133. The first-order valence-electron chi connectivity index (χ1n) is 6.61. The summed E-state index contributed by atoms with van der Waals surface area (Å²) in [5, 5.41) is 5.15. The number of amides is 2. The zero-order chi connectivity index (χ0) is 15.9. The minimum atomic E-state index is -0.523. The number of pyridine rings is 1. The van der Waals surface area contributed by atoms with Gasteiger partial charge in [0.05, 0.1) is 11.4 Å². The molecule has 0 spiro atoms. The second-order valence-electron chi connectivity index (χ2n) is 4.47. The van der Waals surface area contributed by atoms with Crippen LogP contribution in [0.4, 0.5) is 15.8 Å². The van der Waals surface area contributed by atoms with Gasteiger partial charge in [-0.1, -0.05) is 0 Å². The van der Waals surface area contributed by atoms with Gasteiger partial charge in [-0.2, -0.15) is 0 Å². The Balaban J connectivity index is 2.19. The zero-order valence-corrected chi connectivity index (χ0v) is 11.7. The monoisotopic (exact) mass is 302 g/mol. The number of anilines is 2. The van der Waals surface area contributed by atoms with Gasteiger partial charge >= 0.3 is 0 Å². The van der Waals surface area contributed by atoms with Crippen LogP contribution < -0.4 is 16.4 Å². The van der Waals surface area contributed by atoms with Gasteiger partial charge in [0.1, 0.15) is 5.82 Å². The van der Waals surface area contributed by atoms with Gasteiger partial charge in [0, 0.05) is 30.9 Å². The maximum absolute atomic E-state index is 13.3. The van der Waals surface area contributed by atoms with Crippen molar-refractivity contribution < 1.29 is 14.0 Å². The lowest BCUT2D eigenvalue weighted by Crippen LogP contribution is -2.19. The van der Waals surface area contributed by atoms with Crippen molar-refractivity contribution in [3.05, 3.63) is 54.1 Å². The Hall–Kier alpha value is -2.80. The van der Waals surface area contributed by atoms with Gasteiger partial charge in [-0.3, -0.25) is 14.6 Å². The summed E-state index contributed by atoms with van der Waals surface area (Å²) in [6.07, 6.45) is 3.08. The van der Waals surface area contributed by atoms with Gasteiger partial charge in [-0.15, -0.1) is 0 Å². The van der Waals surface area contributed by atoms with E-state index in [9.17, 15) is 14.0 Å². The van der Waals surface area contributed by atoms with E-state index >= 15 is 0 Å². The Kier molecular flexibility index (Phi) is 5.16. The number of nitrogens with one attached hydrogen (secondary N) is 2. The predicted octanol–water partition coefficient (Wildman–Crippen LogP) is 1.76. The number of rotatable bonds is 5. The van der Waals surface area contributed by atoms with Crippen LogP contribution >= 0.6 is 0 Å². The maximum Gasteiger partial charge on any atom is 0.255 e. The SMILES string of the molecule is NCCC(=O)Nc1cc(F)ccc1NC(=O)c1ccncc1. The molecular weight excluding hydrogens is 287 g/mol. The molecule has 0 unspecified atom stereocenters. The van der Waals surface area contributed by atoms with Crippen molar-refractivity contribution in [2.24, 2.45) is 5.73 Å². The molecule has 0 atom stereocenters. The predicted molar refractivity (Wildman–Crippen MR) is 80.9 cm³/mol. The van der Waals surface area contributed by atoms with Crippen LogP contribution in [0.3, 0.4) is 0 Å².